The van der Waals surface area contributed by atoms with E-state index >= 15 is 0 Å². The number of hydrogen-bond acceptors (Lipinski definition) is 8. The SMILES string of the molecule is COc1ccc(C)c2sc(N(Cc3cccnc3)C(=O)C3CCCN3S(=O)(=O)c3ccc(Cl)s3)nc12. The minimum atomic E-state index is -3.87. The summed E-state index contributed by atoms with van der Waals surface area (Å²) >= 11 is 8.38. The maximum atomic E-state index is 14.1. The van der Waals surface area contributed by atoms with Gasteiger partial charge in [0.25, 0.3) is 10.0 Å². The van der Waals surface area contributed by atoms with Gasteiger partial charge in [-0.1, -0.05) is 35.1 Å². The van der Waals surface area contributed by atoms with E-state index in [1.807, 2.05) is 25.1 Å². The summed E-state index contributed by atoms with van der Waals surface area (Å²) in [6, 6.07) is 9.68. The molecule has 1 aliphatic rings. The molecule has 1 amide bonds. The third kappa shape index (κ3) is 4.61. The highest BCUT2D eigenvalue weighted by Gasteiger charge is 2.42. The Balaban J connectivity index is 1.56. The third-order valence-electron chi connectivity index (χ3n) is 6.07. The predicted molar refractivity (Wildman–Crippen MR) is 143 cm³/mol. The van der Waals surface area contributed by atoms with E-state index in [1.165, 1.54) is 21.7 Å². The smallest absolute Gasteiger partial charge is 0.253 e. The summed E-state index contributed by atoms with van der Waals surface area (Å²) < 4.78 is 35.1. The Kier molecular flexibility index (Phi) is 7.01. The van der Waals surface area contributed by atoms with Crippen molar-refractivity contribution in [2.45, 2.75) is 36.6 Å². The summed E-state index contributed by atoms with van der Waals surface area (Å²) in [5, 5.41) is 0.481. The van der Waals surface area contributed by atoms with Crippen LogP contribution in [-0.2, 0) is 21.4 Å². The van der Waals surface area contributed by atoms with E-state index in [4.69, 9.17) is 21.3 Å². The molecule has 36 heavy (non-hydrogen) atoms. The van der Waals surface area contributed by atoms with Crippen LogP contribution in [-0.4, -0.2) is 48.3 Å². The lowest BCUT2D eigenvalue weighted by Gasteiger charge is -2.28. The number of anilines is 1. The van der Waals surface area contributed by atoms with Gasteiger partial charge in [0.2, 0.25) is 5.91 Å². The van der Waals surface area contributed by atoms with E-state index in [0.29, 0.717) is 33.6 Å². The molecule has 4 aromatic rings. The summed E-state index contributed by atoms with van der Waals surface area (Å²) in [4.78, 5) is 24.6. The van der Waals surface area contributed by atoms with Crippen LogP contribution < -0.4 is 9.64 Å². The van der Waals surface area contributed by atoms with Crippen molar-refractivity contribution in [2.24, 2.45) is 0 Å². The van der Waals surface area contributed by atoms with Gasteiger partial charge in [0.05, 0.1) is 22.7 Å². The first-order valence-electron chi connectivity index (χ1n) is 11.2. The van der Waals surface area contributed by atoms with Crippen LogP contribution in [0, 0.1) is 6.92 Å². The average molecular weight is 563 g/mol. The van der Waals surface area contributed by atoms with E-state index in [0.717, 1.165) is 27.2 Å². The van der Waals surface area contributed by atoms with E-state index in [1.54, 1.807) is 36.5 Å². The first kappa shape index (κ1) is 25.1. The molecule has 0 saturated carbocycles. The molecule has 1 atom stereocenters. The van der Waals surface area contributed by atoms with Crippen molar-refractivity contribution in [1.82, 2.24) is 14.3 Å². The van der Waals surface area contributed by atoms with Gasteiger partial charge in [-0.25, -0.2) is 13.4 Å². The van der Waals surface area contributed by atoms with Crippen LogP contribution in [0.25, 0.3) is 10.2 Å². The van der Waals surface area contributed by atoms with Gasteiger partial charge in [-0.3, -0.25) is 14.7 Å². The Hall–Kier alpha value is -2.57. The standard InChI is InChI=1S/C24H23ClN4O4S3/c1-15-7-8-18(33-2)21-22(15)35-24(27-21)28(14-16-5-3-11-26-13-16)23(30)17-6-4-12-29(17)36(31,32)20-10-9-19(25)34-20/h3,5,7-11,13,17H,4,6,12,14H2,1-2H3. The molecule has 5 rings (SSSR count). The number of thiazole rings is 1. The van der Waals surface area contributed by atoms with Crippen LogP contribution in [0.15, 0.2) is 53.0 Å². The number of fused-ring (bicyclic) bond motifs is 1. The zero-order valence-corrected chi connectivity index (χ0v) is 22.8. The lowest BCUT2D eigenvalue weighted by molar-refractivity contribution is -0.121. The zero-order valence-electron chi connectivity index (χ0n) is 19.5. The molecule has 1 aromatic carbocycles. The zero-order chi connectivity index (χ0) is 25.4. The number of benzene rings is 1. The number of halogens is 1. The first-order valence-corrected chi connectivity index (χ1v) is 14.7. The lowest BCUT2D eigenvalue weighted by atomic mass is 10.2. The quantitative estimate of drug-likeness (QED) is 0.311. The number of pyridine rings is 1. The maximum absolute atomic E-state index is 14.1. The number of ether oxygens (including phenoxy) is 1. The number of aromatic nitrogens is 2. The normalized spacial score (nSPS) is 16.5. The second-order valence-corrected chi connectivity index (χ2v) is 13.2. The van der Waals surface area contributed by atoms with E-state index in [9.17, 15) is 13.2 Å². The van der Waals surface area contributed by atoms with Crippen LogP contribution in [0.5, 0.6) is 5.75 Å². The minimum Gasteiger partial charge on any atom is -0.494 e. The first-order chi connectivity index (χ1) is 17.3. The van der Waals surface area contributed by atoms with Crippen LogP contribution in [0.1, 0.15) is 24.0 Å². The number of thiophene rings is 1. The molecule has 0 bridgehead atoms. The Labute approximate surface area is 222 Å². The highest BCUT2D eigenvalue weighted by Crippen LogP contribution is 2.38. The molecule has 1 unspecified atom stereocenters. The van der Waals surface area contributed by atoms with Gasteiger partial charge in [0.1, 0.15) is 21.5 Å². The Morgan fingerprint density at radius 1 is 1.25 bits per heavy atom. The molecule has 3 aromatic heterocycles. The maximum Gasteiger partial charge on any atom is 0.253 e. The molecule has 4 heterocycles. The largest absolute Gasteiger partial charge is 0.494 e. The van der Waals surface area contributed by atoms with E-state index in [2.05, 4.69) is 4.98 Å². The molecule has 1 fully saturated rings. The van der Waals surface area contributed by atoms with Gasteiger partial charge in [-0.2, -0.15) is 4.31 Å². The van der Waals surface area contributed by atoms with Crippen molar-refractivity contribution in [1.29, 1.82) is 0 Å². The van der Waals surface area contributed by atoms with Crippen molar-refractivity contribution in [3.63, 3.8) is 0 Å². The molecule has 188 valence electrons. The van der Waals surface area contributed by atoms with Crippen molar-refractivity contribution < 1.29 is 17.9 Å². The second kappa shape index (κ2) is 10.1. The molecule has 0 radical (unpaired) electrons. The topological polar surface area (TPSA) is 92.7 Å². The number of carbonyl (C=O) groups is 1. The number of hydrogen-bond donors (Lipinski definition) is 0. The van der Waals surface area contributed by atoms with Crippen LogP contribution in [0.2, 0.25) is 4.34 Å². The number of nitrogens with zero attached hydrogens (tertiary/aromatic N) is 4. The summed E-state index contributed by atoms with van der Waals surface area (Å²) in [5.41, 5.74) is 2.50. The fourth-order valence-corrected chi connectivity index (χ4v) is 8.62. The summed E-state index contributed by atoms with van der Waals surface area (Å²) in [6.07, 6.45) is 4.37. The van der Waals surface area contributed by atoms with E-state index < -0.39 is 16.1 Å². The molecule has 1 saturated heterocycles. The molecule has 0 aliphatic carbocycles. The molecule has 12 heteroatoms. The predicted octanol–water partition coefficient (Wildman–Crippen LogP) is 5.11. The summed E-state index contributed by atoms with van der Waals surface area (Å²) in [7, 11) is -2.29. The Bertz CT molecular complexity index is 1520. The van der Waals surface area contributed by atoms with Crippen LogP contribution >= 0.6 is 34.3 Å². The minimum absolute atomic E-state index is 0.131. The van der Waals surface area contributed by atoms with Gasteiger partial charge >= 0.3 is 0 Å². The number of rotatable bonds is 7. The van der Waals surface area contributed by atoms with Gasteiger partial charge in [-0.15, -0.1) is 11.3 Å². The van der Waals surface area contributed by atoms with Gasteiger partial charge < -0.3 is 4.74 Å². The fourth-order valence-electron chi connectivity index (χ4n) is 4.30. The van der Waals surface area contributed by atoms with Crippen molar-refractivity contribution >= 4 is 65.6 Å². The van der Waals surface area contributed by atoms with Gasteiger partial charge in [-0.05, 0) is 55.2 Å². The highest BCUT2D eigenvalue weighted by molar-refractivity contribution is 7.91. The Morgan fingerprint density at radius 2 is 2.08 bits per heavy atom. The van der Waals surface area contributed by atoms with Gasteiger partial charge in [0, 0.05) is 18.9 Å². The van der Waals surface area contributed by atoms with Crippen LogP contribution in [0.4, 0.5) is 5.13 Å². The second-order valence-electron chi connectivity index (χ2n) is 8.38. The summed E-state index contributed by atoms with van der Waals surface area (Å²) in [6.45, 7) is 2.46. The third-order valence-corrected chi connectivity index (χ3v) is 10.9. The highest BCUT2D eigenvalue weighted by atomic mass is 35.5. The number of carbonyl (C=O) groups excluding carboxylic acids is 1. The molecular weight excluding hydrogens is 540 g/mol. The van der Waals surface area contributed by atoms with Crippen molar-refractivity contribution in [3.8, 4) is 5.75 Å². The summed E-state index contributed by atoms with van der Waals surface area (Å²) in [5.74, 6) is 0.296. The molecule has 0 spiro atoms. The molecule has 8 nitrogen and oxygen atoms in total. The lowest BCUT2D eigenvalue weighted by Crippen LogP contribution is -2.47. The van der Waals surface area contributed by atoms with Crippen molar-refractivity contribution in [3.05, 3.63) is 64.3 Å². The monoisotopic (exact) mass is 562 g/mol. The van der Waals surface area contributed by atoms with Gasteiger partial charge in [0.15, 0.2) is 5.13 Å². The van der Waals surface area contributed by atoms with Crippen molar-refractivity contribution in [2.75, 3.05) is 18.6 Å². The number of aryl methyl sites for hydroxylation is 1. The molecular formula is C24H23ClN4O4S3. The van der Waals surface area contributed by atoms with E-state index in [-0.39, 0.29) is 23.2 Å². The Morgan fingerprint density at radius 3 is 2.78 bits per heavy atom. The average Bonchev–Trinajstić information content (AvgIpc) is 3.63. The number of amides is 1. The number of methoxy groups -OCH3 is 1. The number of sulfonamides is 1. The van der Waals surface area contributed by atoms with Crippen LogP contribution in [0.3, 0.4) is 0 Å². The fraction of sp³-hybridized carbons (Fsp3) is 0.292. The molecule has 1 aliphatic heterocycles. The molecule has 0 N–H and O–H groups in total.